The number of aromatic nitrogens is 2. The first kappa shape index (κ1) is 15.2. The Balaban J connectivity index is 1.38. The molecule has 4 rings (SSSR count). The summed E-state index contributed by atoms with van der Waals surface area (Å²) in [7, 11) is 0. The lowest BCUT2D eigenvalue weighted by Crippen LogP contribution is -2.50. The van der Waals surface area contributed by atoms with Crippen LogP contribution in [0.3, 0.4) is 0 Å². The molecule has 1 amide bonds. The van der Waals surface area contributed by atoms with E-state index < -0.39 is 0 Å². The molecule has 0 spiro atoms. The summed E-state index contributed by atoms with van der Waals surface area (Å²) in [6, 6.07) is 10.3. The lowest BCUT2D eigenvalue weighted by atomic mass is 10.1. The average Bonchev–Trinajstić information content (AvgIpc) is 3.34. The number of rotatable bonds is 3. The van der Waals surface area contributed by atoms with E-state index >= 15 is 0 Å². The van der Waals surface area contributed by atoms with Crippen LogP contribution in [0.15, 0.2) is 34.7 Å². The molecule has 0 radical (unpaired) electrons. The fourth-order valence-electron chi connectivity index (χ4n) is 3.59. The number of nitrogens with zero attached hydrogens (tertiary/aromatic N) is 4. The molecule has 1 saturated carbocycles. The Kier molecular flexibility index (Phi) is 4.19. The second-order valence-electron chi connectivity index (χ2n) is 6.55. The van der Waals surface area contributed by atoms with E-state index in [0.717, 1.165) is 44.6 Å². The quantitative estimate of drug-likeness (QED) is 0.867. The third-order valence-corrected chi connectivity index (χ3v) is 5.00. The first-order valence-electron chi connectivity index (χ1n) is 8.74. The maximum Gasteiger partial charge on any atom is 0.318 e. The molecule has 1 aromatic carbocycles. The number of piperazine rings is 1. The molecule has 1 aromatic heterocycles. The summed E-state index contributed by atoms with van der Waals surface area (Å²) in [5, 5.41) is 8.31. The van der Waals surface area contributed by atoms with Crippen molar-refractivity contribution in [2.24, 2.45) is 5.92 Å². The van der Waals surface area contributed by atoms with Crippen molar-refractivity contribution in [2.45, 2.75) is 25.7 Å². The Bertz CT molecular complexity index is 686. The molecule has 0 N–H and O–H groups in total. The van der Waals surface area contributed by atoms with Gasteiger partial charge in [-0.05, 0) is 25.0 Å². The van der Waals surface area contributed by atoms with Crippen molar-refractivity contribution in [3.63, 3.8) is 0 Å². The highest BCUT2D eigenvalue weighted by Crippen LogP contribution is 2.27. The maximum atomic E-state index is 12.5. The van der Waals surface area contributed by atoms with Crippen LogP contribution in [0.5, 0.6) is 0 Å². The fourth-order valence-corrected chi connectivity index (χ4v) is 3.59. The second kappa shape index (κ2) is 6.63. The third-order valence-electron chi connectivity index (χ3n) is 5.00. The van der Waals surface area contributed by atoms with E-state index in [-0.39, 0.29) is 5.92 Å². The number of benzene rings is 1. The van der Waals surface area contributed by atoms with Gasteiger partial charge in [0.15, 0.2) is 0 Å². The van der Waals surface area contributed by atoms with Gasteiger partial charge in [-0.2, -0.15) is 0 Å². The highest BCUT2D eigenvalue weighted by atomic mass is 16.4. The van der Waals surface area contributed by atoms with Crippen molar-refractivity contribution in [1.82, 2.24) is 15.1 Å². The van der Waals surface area contributed by atoms with Gasteiger partial charge in [-0.3, -0.25) is 4.79 Å². The predicted octanol–water partition coefficient (Wildman–Crippen LogP) is 2.58. The number of anilines is 1. The highest BCUT2D eigenvalue weighted by molar-refractivity contribution is 5.79. The lowest BCUT2D eigenvalue weighted by molar-refractivity contribution is -0.135. The third kappa shape index (κ3) is 3.00. The zero-order valence-electron chi connectivity index (χ0n) is 13.7. The van der Waals surface area contributed by atoms with Gasteiger partial charge in [-0.15, -0.1) is 5.10 Å². The van der Waals surface area contributed by atoms with E-state index in [2.05, 4.69) is 15.1 Å². The minimum absolute atomic E-state index is 0.254. The number of hydrogen-bond donors (Lipinski definition) is 0. The van der Waals surface area contributed by atoms with Crippen molar-refractivity contribution in [1.29, 1.82) is 0 Å². The van der Waals surface area contributed by atoms with Gasteiger partial charge in [0.1, 0.15) is 0 Å². The molecule has 2 fully saturated rings. The average molecular weight is 326 g/mol. The molecule has 0 unspecified atom stereocenters. The van der Waals surface area contributed by atoms with Crippen molar-refractivity contribution >= 4 is 11.9 Å². The Morgan fingerprint density at radius 3 is 2.42 bits per heavy atom. The van der Waals surface area contributed by atoms with Crippen LogP contribution in [-0.4, -0.2) is 47.2 Å². The number of amides is 1. The van der Waals surface area contributed by atoms with E-state index in [1.54, 1.807) is 0 Å². The van der Waals surface area contributed by atoms with Gasteiger partial charge in [0, 0.05) is 37.7 Å². The first-order chi connectivity index (χ1) is 11.8. The van der Waals surface area contributed by atoms with Gasteiger partial charge in [-0.25, -0.2) is 0 Å². The van der Waals surface area contributed by atoms with Crippen LogP contribution in [0, 0.1) is 5.92 Å². The second-order valence-corrected chi connectivity index (χ2v) is 6.55. The van der Waals surface area contributed by atoms with Crippen LogP contribution in [0.2, 0.25) is 0 Å². The number of hydrogen-bond acceptors (Lipinski definition) is 5. The molecule has 6 nitrogen and oxygen atoms in total. The van der Waals surface area contributed by atoms with Crippen LogP contribution in [-0.2, 0) is 4.79 Å². The smallest absolute Gasteiger partial charge is 0.318 e. The molecule has 2 aromatic rings. The molecular formula is C18H22N4O2. The van der Waals surface area contributed by atoms with E-state index in [1.165, 1.54) is 12.8 Å². The lowest BCUT2D eigenvalue weighted by Gasteiger charge is -2.35. The predicted molar refractivity (Wildman–Crippen MR) is 90.5 cm³/mol. The van der Waals surface area contributed by atoms with E-state index in [1.807, 2.05) is 35.2 Å². The summed E-state index contributed by atoms with van der Waals surface area (Å²) in [6.45, 7) is 2.96. The van der Waals surface area contributed by atoms with Gasteiger partial charge in [0.05, 0.1) is 0 Å². The number of carbonyl (C=O) groups excluding carboxylic acids is 1. The minimum Gasteiger partial charge on any atom is -0.403 e. The molecule has 2 aliphatic rings. The molecule has 126 valence electrons. The molecule has 6 heteroatoms. The van der Waals surface area contributed by atoms with E-state index in [9.17, 15) is 4.79 Å². The molecule has 1 saturated heterocycles. The minimum atomic E-state index is 0.254. The Labute approximate surface area is 141 Å². The molecule has 1 aliphatic carbocycles. The fraction of sp³-hybridized carbons (Fsp3) is 0.500. The monoisotopic (exact) mass is 326 g/mol. The summed E-state index contributed by atoms with van der Waals surface area (Å²) in [6.07, 6.45) is 4.51. The van der Waals surface area contributed by atoms with Crippen LogP contribution in [0.1, 0.15) is 25.7 Å². The van der Waals surface area contributed by atoms with Crippen LogP contribution in [0.25, 0.3) is 11.5 Å². The van der Waals surface area contributed by atoms with Gasteiger partial charge >= 0.3 is 6.01 Å². The van der Waals surface area contributed by atoms with Crippen molar-refractivity contribution < 1.29 is 9.21 Å². The van der Waals surface area contributed by atoms with E-state index in [0.29, 0.717) is 17.8 Å². The summed E-state index contributed by atoms with van der Waals surface area (Å²) >= 11 is 0. The zero-order chi connectivity index (χ0) is 16.4. The number of carbonyl (C=O) groups is 1. The van der Waals surface area contributed by atoms with Crippen LogP contribution >= 0.6 is 0 Å². The summed E-state index contributed by atoms with van der Waals surface area (Å²) < 4.78 is 5.80. The zero-order valence-corrected chi connectivity index (χ0v) is 13.7. The SMILES string of the molecule is O=C(C1CCCC1)N1CCN(c2nnc(-c3ccccc3)o2)CC1. The van der Waals surface area contributed by atoms with Crippen LogP contribution in [0.4, 0.5) is 6.01 Å². The van der Waals surface area contributed by atoms with Gasteiger partial charge in [-0.1, -0.05) is 36.1 Å². The molecule has 24 heavy (non-hydrogen) atoms. The Morgan fingerprint density at radius 2 is 1.71 bits per heavy atom. The van der Waals surface area contributed by atoms with Crippen molar-refractivity contribution in [3.8, 4) is 11.5 Å². The normalized spacial score (nSPS) is 19.0. The molecule has 0 bridgehead atoms. The van der Waals surface area contributed by atoms with Gasteiger partial charge < -0.3 is 14.2 Å². The van der Waals surface area contributed by atoms with Crippen molar-refractivity contribution in [2.75, 3.05) is 31.1 Å². The maximum absolute atomic E-state index is 12.5. The highest BCUT2D eigenvalue weighted by Gasteiger charge is 2.30. The summed E-state index contributed by atoms with van der Waals surface area (Å²) in [5.41, 5.74) is 0.922. The van der Waals surface area contributed by atoms with Gasteiger partial charge in [0.25, 0.3) is 0 Å². The Hall–Kier alpha value is -2.37. The molecule has 1 aliphatic heterocycles. The molecule has 2 heterocycles. The first-order valence-corrected chi connectivity index (χ1v) is 8.74. The molecule has 0 atom stereocenters. The topological polar surface area (TPSA) is 62.5 Å². The Morgan fingerprint density at radius 1 is 1.00 bits per heavy atom. The summed E-state index contributed by atoms with van der Waals surface area (Å²) in [4.78, 5) is 16.6. The molecular weight excluding hydrogens is 304 g/mol. The summed E-state index contributed by atoms with van der Waals surface area (Å²) in [5.74, 6) is 1.13. The van der Waals surface area contributed by atoms with Crippen LogP contribution < -0.4 is 4.90 Å². The largest absolute Gasteiger partial charge is 0.403 e. The van der Waals surface area contributed by atoms with E-state index in [4.69, 9.17) is 4.42 Å². The van der Waals surface area contributed by atoms with Gasteiger partial charge in [0.2, 0.25) is 11.8 Å². The standard InChI is InChI=1S/C18H22N4O2/c23-17(15-8-4-5-9-15)21-10-12-22(13-11-21)18-20-19-16(24-18)14-6-2-1-3-7-14/h1-3,6-7,15H,4-5,8-13H2. The van der Waals surface area contributed by atoms with Crippen molar-refractivity contribution in [3.05, 3.63) is 30.3 Å².